The maximum Gasteiger partial charge on any atom is 0.244 e. The monoisotopic (exact) mass is 434 g/mol. The Labute approximate surface area is 179 Å². The molecule has 0 aliphatic rings. The lowest BCUT2D eigenvalue weighted by Gasteiger charge is -2.30. The number of benzene rings is 2. The predicted molar refractivity (Wildman–Crippen MR) is 119 cm³/mol. The van der Waals surface area contributed by atoms with Crippen molar-refractivity contribution >= 4 is 21.6 Å². The number of nitrogens with one attached hydrogen (secondary N) is 1. The van der Waals surface area contributed by atoms with Crippen LogP contribution in [0.4, 0.5) is 5.69 Å². The molecule has 8 heteroatoms. The number of anilines is 1. The quantitative estimate of drug-likeness (QED) is 0.581. The standard InChI is InChI=1S/C22H30N2O5S/c1-6-21(24(30(5,26)27)18-8-7-9-19(15-18)28-4)22(25)23-10-11-29-20-13-16(2)12-17(3)14-20/h7-9,12-15,21H,6,10-11H2,1-5H3,(H,23,25). The lowest BCUT2D eigenvalue weighted by molar-refractivity contribution is -0.122. The van der Waals surface area contributed by atoms with E-state index < -0.39 is 16.1 Å². The number of hydrogen-bond donors (Lipinski definition) is 1. The third-order valence-electron chi connectivity index (χ3n) is 4.50. The van der Waals surface area contributed by atoms with Gasteiger partial charge in [0, 0.05) is 6.07 Å². The van der Waals surface area contributed by atoms with Gasteiger partial charge in [-0.1, -0.05) is 19.1 Å². The highest BCUT2D eigenvalue weighted by Gasteiger charge is 2.31. The van der Waals surface area contributed by atoms with E-state index in [1.54, 1.807) is 31.2 Å². The molecule has 0 saturated heterocycles. The summed E-state index contributed by atoms with van der Waals surface area (Å²) in [5.41, 5.74) is 2.58. The summed E-state index contributed by atoms with van der Waals surface area (Å²) in [6.45, 7) is 6.30. The Kier molecular flexibility index (Phi) is 8.11. The molecule has 2 rings (SSSR count). The second-order valence-electron chi connectivity index (χ2n) is 7.15. The van der Waals surface area contributed by atoms with Crippen LogP contribution in [-0.2, 0) is 14.8 Å². The Hall–Kier alpha value is -2.74. The van der Waals surface area contributed by atoms with Crippen molar-refractivity contribution in [2.45, 2.75) is 33.2 Å². The largest absolute Gasteiger partial charge is 0.497 e. The van der Waals surface area contributed by atoms with Crippen molar-refractivity contribution in [2.24, 2.45) is 0 Å². The highest BCUT2D eigenvalue weighted by atomic mass is 32.2. The maximum atomic E-state index is 12.8. The van der Waals surface area contributed by atoms with E-state index in [0.29, 0.717) is 17.9 Å². The normalized spacial score (nSPS) is 12.2. The first-order valence-electron chi connectivity index (χ1n) is 9.78. The zero-order valence-corrected chi connectivity index (χ0v) is 19.0. The number of methoxy groups -OCH3 is 1. The molecule has 164 valence electrons. The van der Waals surface area contributed by atoms with Crippen molar-refractivity contribution in [1.82, 2.24) is 5.32 Å². The summed E-state index contributed by atoms with van der Waals surface area (Å²) < 4.78 is 37.0. The molecule has 2 aromatic rings. The number of carbonyl (C=O) groups is 1. The number of hydrogen-bond acceptors (Lipinski definition) is 5. The number of amides is 1. The van der Waals surface area contributed by atoms with Crippen molar-refractivity contribution < 1.29 is 22.7 Å². The molecule has 0 aliphatic heterocycles. The third-order valence-corrected chi connectivity index (χ3v) is 5.68. The van der Waals surface area contributed by atoms with Crippen LogP contribution < -0.4 is 19.1 Å². The van der Waals surface area contributed by atoms with Crippen LogP contribution in [0.15, 0.2) is 42.5 Å². The minimum atomic E-state index is -3.70. The number of nitrogens with zero attached hydrogens (tertiary/aromatic N) is 1. The van der Waals surface area contributed by atoms with Gasteiger partial charge in [0.25, 0.3) is 0 Å². The van der Waals surface area contributed by atoms with E-state index in [1.807, 2.05) is 26.0 Å². The Morgan fingerprint density at radius 3 is 2.33 bits per heavy atom. The van der Waals surface area contributed by atoms with Crippen LogP contribution >= 0.6 is 0 Å². The highest BCUT2D eigenvalue weighted by molar-refractivity contribution is 7.92. The Morgan fingerprint density at radius 2 is 1.77 bits per heavy atom. The van der Waals surface area contributed by atoms with Crippen molar-refractivity contribution in [3.63, 3.8) is 0 Å². The molecule has 0 fully saturated rings. The van der Waals surface area contributed by atoms with Crippen molar-refractivity contribution in [3.05, 3.63) is 53.6 Å². The summed E-state index contributed by atoms with van der Waals surface area (Å²) in [6.07, 6.45) is 1.40. The fourth-order valence-corrected chi connectivity index (χ4v) is 4.49. The Morgan fingerprint density at radius 1 is 1.10 bits per heavy atom. The van der Waals surface area contributed by atoms with Gasteiger partial charge < -0.3 is 14.8 Å². The first-order valence-corrected chi connectivity index (χ1v) is 11.6. The van der Waals surface area contributed by atoms with Gasteiger partial charge in [0.15, 0.2) is 0 Å². The van der Waals surface area contributed by atoms with Crippen molar-refractivity contribution in [3.8, 4) is 11.5 Å². The van der Waals surface area contributed by atoms with Crippen LogP contribution in [0.25, 0.3) is 0 Å². The van der Waals surface area contributed by atoms with E-state index >= 15 is 0 Å². The van der Waals surface area contributed by atoms with Gasteiger partial charge in [-0.25, -0.2) is 8.42 Å². The zero-order chi connectivity index (χ0) is 22.3. The molecule has 2 aromatic carbocycles. The van der Waals surface area contributed by atoms with E-state index in [4.69, 9.17) is 9.47 Å². The van der Waals surface area contributed by atoms with E-state index in [2.05, 4.69) is 11.4 Å². The average molecular weight is 435 g/mol. The second-order valence-corrected chi connectivity index (χ2v) is 9.01. The smallest absolute Gasteiger partial charge is 0.244 e. The molecule has 0 bridgehead atoms. The topological polar surface area (TPSA) is 84.9 Å². The molecule has 1 amide bonds. The molecule has 0 heterocycles. The predicted octanol–water partition coefficient (Wildman–Crippen LogP) is 3.05. The summed E-state index contributed by atoms with van der Waals surface area (Å²) in [4.78, 5) is 12.8. The minimum Gasteiger partial charge on any atom is -0.497 e. The zero-order valence-electron chi connectivity index (χ0n) is 18.1. The molecular weight excluding hydrogens is 404 g/mol. The molecular formula is C22H30N2O5S. The van der Waals surface area contributed by atoms with Crippen molar-refractivity contribution in [2.75, 3.05) is 30.8 Å². The van der Waals surface area contributed by atoms with Crippen LogP contribution in [-0.4, -0.2) is 46.9 Å². The van der Waals surface area contributed by atoms with Crippen molar-refractivity contribution in [1.29, 1.82) is 0 Å². The molecule has 0 saturated carbocycles. The number of rotatable bonds is 10. The number of carbonyl (C=O) groups excluding carboxylic acids is 1. The van der Waals surface area contributed by atoms with E-state index in [-0.39, 0.29) is 19.1 Å². The molecule has 0 spiro atoms. The van der Waals surface area contributed by atoms with Gasteiger partial charge in [0.2, 0.25) is 15.9 Å². The summed E-state index contributed by atoms with van der Waals surface area (Å²) >= 11 is 0. The van der Waals surface area contributed by atoms with Gasteiger partial charge in [0.1, 0.15) is 24.1 Å². The van der Waals surface area contributed by atoms with Crippen LogP contribution in [0.5, 0.6) is 11.5 Å². The Bertz CT molecular complexity index is 955. The summed E-state index contributed by atoms with van der Waals surface area (Å²) in [5.74, 6) is 0.871. The Balaban J connectivity index is 2.08. The van der Waals surface area contributed by atoms with E-state index in [1.165, 1.54) is 7.11 Å². The summed E-state index contributed by atoms with van der Waals surface area (Å²) in [7, 11) is -2.19. The van der Waals surface area contributed by atoms with Crippen LogP contribution in [0, 0.1) is 13.8 Å². The van der Waals surface area contributed by atoms with Gasteiger partial charge in [-0.2, -0.15) is 0 Å². The molecule has 7 nitrogen and oxygen atoms in total. The fourth-order valence-electron chi connectivity index (χ4n) is 3.28. The fraction of sp³-hybridized carbons (Fsp3) is 0.409. The molecule has 30 heavy (non-hydrogen) atoms. The SMILES string of the molecule is CCC(C(=O)NCCOc1cc(C)cc(C)c1)N(c1cccc(OC)c1)S(C)(=O)=O. The van der Waals surface area contributed by atoms with Gasteiger partial charge >= 0.3 is 0 Å². The maximum absolute atomic E-state index is 12.8. The van der Waals surface area contributed by atoms with Gasteiger partial charge in [-0.3, -0.25) is 9.10 Å². The third kappa shape index (κ3) is 6.38. The van der Waals surface area contributed by atoms with Gasteiger partial charge in [-0.15, -0.1) is 0 Å². The molecule has 0 aromatic heterocycles. The second kappa shape index (κ2) is 10.3. The minimum absolute atomic E-state index is 0.262. The first-order chi connectivity index (χ1) is 14.2. The molecule has 1 atom stereocenters. The first kappa shape index (κ1) is 23.5. The lowest BCUT2D eigenvalue weighted by atomic mass is 10.1. The van der Waals surface area contributed by atoms with Crippen LogP contribution in [0.2, 0.25) is 0 Å². The van der Waals surface area contributed by atoms with Crippen LogP contribution in [0.3, 0.4) is 0 Å². The molecule has 1 N–H and O–H groups in total. The molecule has 1 unspecified atom stereocenters. The highest BCUT2D eigenvalue weighted by Crippen LogP contribution is 2.26. The average Bonchev–Trinajstić information content (AvgIpc) is 2.67. The molecule has 0 aliphatic carbocycles. The van der Waals surface area contributed by atoms with E-state index in [0.717, 1.165) is 27.4 Å². The van der Waals surface area contributed by atoms with Gasteiger partial charge in [0.05, 0.1) is 25.6 Å². The number of sulfonamides is 1. The molecule has 0 radical (unpaired) electrons. The number of ether oxygens (including phenoxy) is 2. The van der Waals surface area contributed by atoms with Gasteiger partial charge in [-0.05, 0) is 55.7 Å². The van der Waals surface area contributed by atoms with E-state index in [9.17, 15) is 13.2 Å². The summed E-state index contributed by atoms with van der Waals surface area (Å²) in [5, 5.41) is 2.78. The van der Waals surface area contributed by atoms with Crippen LogP contribution in [0.1, 0.15) is 24.5 Å². The summed E-state index contributed by atoms with van der Waals surface area (Å²) in [6, 6.07) is 11.7. The lowest BCUT2D eigenvalue weighted by Crippen LogP contribution is -2.50. The number of aryl methyl sites for hydroxylation is 2.